The van der Waals surface area contributed by atoms with Crippen LogP contribution in [0.15, 0.2) is 24.5 Å². The van der Waals surface area contributed by atoms with E-state index in [4.69, 9.17) is 4.74 Å². The summed E-state index contributed by atoms with van der Waals surface area (Å²) in [5, 5.41) is 14.1. The first-order valence-corrected chi connectivity index (χ1v) is 8.81. The Bertz CT molecular complexity index is 775. The number of amides is 2. The van der Waals surface area contributed by atoms with Gasteiger partial charge in [0, 0.05) is 38.0 Å². The van der Waals surface area contributed by atoms with E-state index in [1.807, 2.05) is 50.7 Å². The van der Waals surface area contributed by atoms with Gasteiger partial charge in [-0.3, -0.25) is 0 Å². The molecule has 2 atom stereocenters. The van der Waals surface area contributed by atoms with Crippen LogP contribution in [0.1, 0.15) is 12.5 Å². The summed E-state index contributed by atoms with van der Waals surface area (Å²) in [6.07, 6.45) is 1.67. The van der Waals surface area contributed by atoms with Gasteiger partial charge in [0.25, 0.3) is 0 Å². The molecule has 26 heavy (non-hydrogen) atoms. The molecule has 2 heterocycles. The Morgan fingerprint density at radius 1 is 1.35 bits per heavy atom. The van der Waals surface area contributed by atoms with Crippen molar-refractivity contribution in [2.75, 3.05) is 32.1 Å². The van der Waals surface area contributed by atoms with E-state index in [2.05, 4.69) is 25.7 Å². The number of likely N-dealkylation sites (N-methyl/N-ethyl adjacent to an activating group) is 1. The molecule has 1 aliphatic heterocycles. The molecule has 1 aliphatic rings. The first-order chi connectivity index (χ1) is 12.5. The minimum absolute atomic E-state index is 0.0156. The number of nitrogens with zero attached hydrogens (tertiary/aromatic N) is 4. The summed E-state index contributed by atoms with van der Waals surface area (Å²) in [5.41, 5.74) is 2.64. The van der Waals surface area contributed by atoms with E-state index in [1.165, 1.54) is 0 Å². The maximum atomic E-state index is 12.5. The number of aromatic nitrogens is 3. The number of ether oxygens (including phenoxy) is 1. The van der Waals surface area contributed by atoms with Gasteiger partial charge in [0.1, 0.15) is 6.33 Å². The lowest BCUT2D eigenvalue weighted by atomic mass is 10.1. The Hall–Kier alpha value is -2.45. The third kappa shape index (κ3) is 3.86. The second-order valence-corrected chi connectivity index (χ2v) is 6.66. The van der Waals surface area contributed by atoms with Gasteiger partial charge < -0.3 is 24.8 Å². The van der Waals surface area contributed by atoms with Crippen LogP contribution in [0.4, 0.5) is 10.5 Å². The highest BCUT2D eigenvalue weighted by atomic mass is 16.5. The minimum Gasteiger partial charge on any atom is -0.375 e. The molecule has 140 valence electrons. The highest BCUT2D eigenvalue weighted by Gasteiger charge is 2.32. The number of aryl methyl sites for hydroxylation is 1. The van der Waals surface area contributed by atoms with Gasteiger partial charge in [-0.2, -0.15) is 0 Å². The van der Waals surface area contributed by atoms with E-state index in [-0.39, 0.29) is 18.2 Å². The fourth-order valence-corrected chi connectivity index (χ4v) is 3.35. The SMILES string of the molecule is CCO[C@H]1CN(C)C[C@@H]1NC(=O)Nc1cccc(-c2nncn2C)c1C. The quantitative estimate of drug-likeness (QED) is 0.849. The summed E-state index contributed by atoms with van der Waals surface area (Å²) in [7, 11) is 3.92. The number of benzene rings is 1. The summed E-state index contributed by atoms with van der Waals surface area (Å²) in [5.74, 6) is 0.764. The van der Waals surface area contributed by atoms with Crippen LogP contribution in [-0.4, -0.2) is 64.6 Å². The molecule has 1 aromatic heterocycles. The van der Waals surface area contributed by atoms with Crippen LogP contribution in [0.5, 0.6) is 0 Å². The molecule has 1 saturated heterocycles. The van der Waals surface area contributed by atoms with E-state index < -0.39 is 0 Å². The first kappa shape index (κ1) is 18.3. The molecule has 0 saturated carbocycles. The molecular formula is C18H26N6O2. The zero-order valence-electron chi connectivity index (χ0n) is 15.7. The fourth-order valence-electron chi connectivity index (χ4n) is 3.35. The van der Waals surface area contributed by atoms with E-state index in [0.29, 0.717) is 6.61 Å². The van der Waals surface area contributed by atoms with Crippen LogP contribution in [0.2, 0.25) is 0 Å². The Morgan fingerprint density at radius 2 is 2.15 bits per heavy atom. The van der Waals surface area contributed by atoms with Crippen molar-refractivity contribution in [1.29, 1.82) is 0 Å². The lowest BCUT2D eigenvalue weighted by Gasteiger charge is -2.20. The Labute approximate surface area is 153 Å². The van der Waals surface area contributed by atoms with Crippen molar-refractivity contribution >= 4 is 11.7 Å². The third-order valence-electron chi connectivity index (χ3n) is 4.68. The number of nitrogens with one attached hydrogen (secondary N) is 2. The number of likely N-dealkylation sites (tertiary alicyclic amines) is 1. The van der Waals surface area contributed by atoms with Crippen LogP contribution in [0.25, 0.3) is 11.4 Å². The van der Waals surface area contributed by atoms with Crippen LogP contribution < -0.4 is 10.6 Å². The predicted molar refractivity (Wildman–Crippen MR) is 100 cm³/mol. The number of carbonyl (C=O) groups excluding carboxylic acids is 1. The maximum Gasteiger partial charge on any atom is 0.319 e. The standard InChI is InChI=1S/C18H26N6O2/c1-5-26-16-10-23(3)9-15(16)21-18(25)20-14-8-6-7-13(12(14)2)17-22-19-11-24(17)4/h6-8,11,15-16H,5,9-10H2,1-4H3,(H2,20,21,25)/t15-,16-/m0/s1. The minimum atomic E-state index is -0.229. The number of rotatable bonds is 5. The van der Waals surface area contributed by atoms with Gasteiger partial charge in [0.2, 0.25) is 0 Å². The highest BCUT2D eigenvalue weighted by molar-refractivity contribution is 5.91. The second-order valence-electron chi connectivity index (χ2n) is 6.66. The third-order valence-corrected chi connectivity index (χ3v) is 4.68. The van der Waals surface area contributed by atoms with Gasteiger partial charge in [-0.1, -0.05) is 12.1 Å². The van der Waals surface area contributed by atoms with Crippen molar-refractivity contribution in [2.24, 2.45) is 7.05 Å². The van der Waals surface area contributed by atoms with E-state index in [0.717, 1.165) is 35.7 Å². The first-order valence-electron chi connectivity index (χ1n) is 8.81. The van der Waals surface area contributed by atoms with Crippen molar-refractivity contribution in [3.8, 4) is 11.4 Å². The monoisotopic (exact) mass is 358 g/mol. The van der Waals surface area contributed by atoms with Gasteiger partial charge in [-0.05, 0) is 32.5 Å². The number of urea groups is 1. The summed E-state index contributed by atoms with van der Waals surface area (Å²) >= 11 is 0. The molecule has 8 nitrogen and oxygen atoms in total. The zero-order valence-corrected chi connectivity index (χ0v) is 15.7. The normalized spacial score (nSPS) is 20.3. The highest BCUT2D eigenvalue weighted by Crippen LogP contribution is 2.26. The molecule has 2 amide bonds. The van der Waals surface area contributed by atoms with Crippen LogP contribution in [0.3, 0.4) is 0 Å². The van der Waals surface area contributed by atoms with Crippen LogP contribution in [0, 0.1) is 6.92 Å². The Balaban J connectivity index is 1.71. The van der Waals surface area contributed by atoms with E-state index in [9.17, 15) is 4.79 Å². The van der Waals surface area contributed by atoms with Gasteiger partial charge >= 0.3 is 6.03 Å². The zero-order chi connectivity index (χ0) is 18.7. The molecule has 1 aromatic carbocycles. The Kier molecular flexibility index (Phi) is 5.53. The number of anilines is 1. The molecule has 0 spiro atoms. The predicted octanol–water partition coefficient (Wildman–Crippen LogP) is 1.63. The molecule has 0 radical (unpaired) electrons. The van der Waals surface area contributed by atoms with Gasteiger partial charge in [0.05, 0.1) is 12.1 Å². The van der Waals surface area contributed by atoms with Crippen molar-refractivity contribution < 1.29 is 9.53 Å². The van der Waals surface area contributed by atoms with E-state index >= 15 is 0 Å². The topological polar surface area (TPSA) is 84.3 Å². The molecule has 2 N–H and O–H groups in total. The fraction of sp³-hybridized carbons (Fsp3) is 0.500. The number of hydrogen-bond acceptors (Lipinski definition) is 5. The average molecular weight is 358 g/mol. The van der Waals surface area contributed by atoms with Gasteiger partial charge in [0.15, 0.2) is 5.82 Å². The van der Waals surface area contributed by atoms with Crippen LogP contribution in [-0.2, 0) is 11.8 Å². The van der Waals surface area contributed by atoms with Crippen molar-refractivity contribution in [3.63, 3.8) is 0 Å². The van der Waals surface area contributed by atoms with Crippen molar-refractivity contribution in [2.45, 2.75) is 26.0 Å². The molecule has 1 fully saturated rings. The molecular weight excluding hydrogens is 332 g/mol. The number of hydrogen-bond donors (Lipinski definition) is 2. The Morgan fingerprint density at radius 3 is 2.85 bits per heavy atom. The molecule has 2 aromatic rings. The molecule has 0 aliphatic carbocycles. The molecule has 3 rings (SSSR count). The average Bonchev–Trinajstić information content (AvgIpc) is 3.16. The van der Waals surface area contributed by atoms with Crippen LogP contribution >= 0.6 is 0 Å². The summed E-state index contributed by atoms with van der Waals surface area (Å²) in [6, 6.07) is 5.50. The molecule has 8 heteroatoms. The summed E-state index contributed by atoms with van der Waals surface area (Å²) < 4.78 is 7.59. The summed E-state index contributed by atoms with van der Waals surface area (Å²) in [6.45, 7) is 6.16. The lowest BCUT2D eigenvalue weighted by Crippen LogP contribution is -2.45. The second kappa shape index (κ2) is 7.84. The molecule has 0 unspecified atom stereocenters. The van der Waals surface area contributed by atoms with Gasteiger partial charge in [-0.15, -0.1) is 10.2 Å². The number of carbonyl (C=O) groups is 1. The molecule has 0 bridgehead atoms. The largest absolute Gasteiger partial charge is 0.375 e. The summed E-state index contributed by atoms with van der Waals surface area (Å²) in [4.78, 5) is 14.7. The van der Waals surface area contributed by atoms with Crippen molar-refractivity contribution in [3.05, 3.63) is 30.1 Å². The smallest absolute Gasteiger partial charge is 0.319 e. The van der Waals surface area contributed by atoms with E-state index in [1.54, 1.807) is 6.33 Å². The lowest BCUT2D eigenvalue weighted by molar-refractivity contribution is 0.0568. The van der Waals surface area contributed by atoms with Gasteiger partial charge in [-0.25, -0.2) is 4.79 Å². The maximum absolute atomic E-state index is 12.5. The van der Waals surface area contributed by atoms with Crippen molar-refractivity contribution in [1.82, 2.24) is 25.0 Å².